The van der Waals surface area contributed by atoms with Gasteiger partial charge in [0.2, 0.25) is 0 Å². The molecule has 2 heterocycles. The van der Waals surface area contributed by atoms with Gasteiger partial charge >= 0.3 is 6.03 Å². The van der Waals surface area contributed by atoms with Gasteiger partial charge in [-0.05, 0) is 35.8 Å². The van der Waals surface area contributed by atoms with Crippen molar-refractivity contribution in [3.63, 3.8) is 0 Å². The number of hydrogen-bond donors (Lipinski definition) is 1. The highest BCUT2D eigenvalue weighted by molar-refractivity contribution is 9.10. The summed E-state index contributed by atoms with van der Waals surface area (Å²) in [5.74, 6) is 0. The average Bonchev–Trinajstić information content (AvgIpc) is 2.70. The zero-order valence-corrected chi connectivity index (χ0v) is 12.9. The minimum Gasteiger partial charge on any atom is -0.372 e. The van der Waals surface area contributed by atoms with Gasteiger partial charge in [0.15, 0.2) is 0 Å². The van der Waals surface area contributed by atoms with E-state index in [1.807, 2.05) is 30.2 Å². The molecule has 0 aliphatic carbocycles. The molecular weight excluding hydrogens is 316 g/mol. The van der Waals surface area contributed by atoms with Gasteiger partial charge in [0.25, 0.3) is 0 Å². The van der Waals surface area contributed by atoms with Gasteiger partial charge in [0.1, 0.15) is 0 Å². The van der Waals surface area contributed by atoms with Crippen LogP contribution < -0.4 is 5.32 Å². The van der Waals surface area contributed by atoms with Crippen molar-refractivity contribution >= 4 is 33.3 Å². The molecule has 1 fully saturated rings. The van der Waals surface area contributed by atoms with E-state index in [9.17, 15) is 4.79 Å². The van der Waals surface area contributed by atoms with Gasteiger partial charge in [-0.25, -0.2) is 4.79 Å². The minimum absolute atomic E-state index is 0.0125. The van der Waals surface area contributed by atoms with Crippen LogP contribution in [0.4, 0.5) is 4.79 Å². The van der Waals surface area contributed by atoms with Gasteiger partial charge in [-0.2, -0.15) is 0 Å². The molecular formula is C12H17BrN2O2S. The van der Waals surface area contributed by atoms with Gasteiger partial charge in [0, 0.05) is 27.8 Å². The molecule has 2 amide bonds. The van der Waals surface area contributed by atoms with Crippen molar-refractivity contribution in [1.29, 1.82) is 0 Å². The Morgan fingerprint density at radius 1 is 1.56 bits per heavy atom. The Hall–Kier alpha value is -0.590. The Labute approximate surface area is 119 Å². The van der Waals surface area contributed by atoms with Gasteiger partial charge in [-0.1, -0.05) is 0 Å². The molecule has 1 aliphatic heterocycles. The number of urea groups is 1. The molecule has 1 N–H and O–H groups in total. The molecule has 1 saturated heterocycles. The second-order valence-corrected chi connectivity index (χ2v) is 6.46. The first-order chi connectivity index (χ1) is 8.54. The monoisotopic (exact) mass is 332 g/mol. The van der Waals surface area contributed by atoms with Crippen molar-refractivity contribution in [1.82, 2.24) is 10.2 Å². The molecule has 0 radical (unpaired) electrons. The van der Waals surface area contributed by atoms with E-state index >= 15 is 0 Å². The third-order valence-electron chi connectivity index (χ3n) is 2.74. The highest BCUT2D eigenvalue weighted by Gasteiger charge is 2.25. The summed E-state index contributed by atoms with van der Waals surface area (Å²) >= 11 is 5.04. The van der Waals surface area contributed by atoms with E-state index in [-0.39, 0.29) is 18.2 Å². The Balaban J connectivity index is 1.84. The number of halogens is 1. The number of rotatable bonds is 2. The molecule has 2 unspecified atom stereocenters. The summed E-state index contributed by atoms with van der Waals surface area (Å²) in [6, 6.07) is 2.01. The average molecular weight is 333 g/mol. The number of carbonyl (C=O) groups excluding carboxylic acids is 1. The van der Waals surface area contributed by atoms with Crippen molar-refractivity contribution in [2.45, 2.75) is 32.6 Å². The van der Waals surface area contributed by atoms with Crippen molar-refractivity contribution in [3.8, 4) is 0 Å². The molecule has 2 rings (SSSR count). The van der Waals surface area contributed by atoms with Crippen LogP contribution in [0, 0.1) is 0 Å². The fraction of sp³-hybridized carbons (Fsp3) is 0.583. The van der Waals surface area contributed by atoms with E-state index in [4.69, 9.17) is 4.74 Å². The van der Waals surface area contributed by atoms with Crippen LogP contribution in [0.5, 0.6) is 0 Å². The lowest BCUT2D eigenvalue weighted by atomic mass is 10.2. The second kappa shape index (κ2) is 6.04. The summed E-state index contributed by atoms with van der Waals surface area (Å²) in [6.45, 7) is 5.88. The predicted octanol–water partition coefficient (Wildman–Crippen LogP) is 2.83. The number of morpholine rings is 1. The lowest BCUT2D eigenvalue weighted by Crippen LogP contribution is -2.51. The van der Waals surface area contributed by atoms with Crippen LogP contribution >= 0.6 is 27.3 Å². The van der Waals surface area contributed by atoms with Crippen LogP contribution in [0.1, 0.15) is 18.7 Å². The lowest BCUT2D eigenvalue weighted by Gasteiger charge is -2.35. The number of nitrogens with zero attached hydrogens (tertiary/aromatic N) is 1. The van der Waals surface area contributed by atoms with Crippen molar-refractivity contribution in [2.75, 3.05) is 13.1 Å². The number of carbonyl (C=O) groups is 1. The summed E-state index contributed by atoms with van der Waals surface area (Å²) in [7, 11) is 0. The second-order valence-electron chi connectivity index (χ2n) is 4.55. The lowest BCUT2D eigenvalue weighted by molar-refractivity contribution is -0.0545. The number of thiophene rings is 1. The topological polar surface area (TPSA) is 41.6 Å². The standard InChI is InChI=1S/C12H17BrN2O2S/c1-8-5-15(6-9(2)17-8)12(16)14-4-11-3-10(13)7-18-11/h3,7-9H,4-6H2,1-2H3,(H,14,16). The molecule has 1 aliphatic rings. The van der Waals surface area contributed by atoms with E-state index in [0.717, 1.165) is 9.35 Å². The fourth-order valence-corrected chi connectivity index (χ4v) is 3.46. The first-order valence-electron chi connectivity index (χ1n) is 5.95. The van der Waals surface area contributed by atoms with Crippen LogP contribution in [0.25, 0.3) is 0 Å². The predicted molar refractivity (Wildman–Crippen MR) is 75.8 cm³/mol. The van der Waals surface area contributed by atoms with Crippen LogP contribution in [0.15, 0.2) is 15.9 Å². The van der Waals surface area contributed by atoms with E-state index in [1.54, 1.807) is 11.3 Å². The number of nitrogens with one attached hydrogen (secondary N) is 1. The molecule has 1 aromatic rings. The largest absolute Gasteiger partial charge is 0.372 e. The van der Waals surface area contributed by atoms with E-state index in [0.29, 0.717) is 19.6 Å². The van der Waals surface area contributed by atoms with E-state index in [1.165, 1.54) is 0 Å². The van der Waals surface area contributed by atoms with Crippen molar-refractivity contribution in [3.05, 3.63) is 20.8 Å². The van der Waals surface area contributed by atoms with Crippen LogP contribution in [-0.4, -0.2) is 36.2 Å². The molecule has 6 heteroatoms. The van der Waals surface area contributed by atoms with E-state index < -0.39 is 0 Å². The highest BCUT2D eigenvalue weighted by Crippen LogP contribution is 2.19. The quantitative estimate of drug-likeness (QED) is 0.904. The van der Waals surface area contributed by atoms with Gasteiger partial charge in [-0.3, -0.25) is 0 Å². The molecule has 1 aromatic heterocycles. The van der Waals surface area contributed by atoms with Crippen LogP contribution in [0.2, 0.25) is 0 Å². The molecule has 0 aromatic carbocycles. The van der Waals surface area contributed by atoms with Crippen molar-refractivity contribution < 1.29 is 9.53 Å². The first kappa shape index (κ1) is 13.8. The highest BCUT2D eigenvalue weighted by atomic mass is 79.9. The fourth-order valence-electron chi connectivity index (χ4n) is 2.06. The molecule has 0 spiro atoms. The summed E-state index contributed by atoms with van der Waals surface area (Å²) in [4.78, 5) is 15.0. The first-order valence-corrected chi connectivity index (χ1v) is 7.63. The zero-order chi connectivity index (χ0) is 13.1. The summed E-state index contributed by atoms with van der Waals surface area (Å²) in [5, 5.41) is 4.96. The molecule has 4 nitrogen and oxygen atoms in total. The Morgan fingerprint density at radius 2 is 2.22 bits per heavy atom. The van der Waals surface area contributed by atoms with Crippen LogP contribution in [0.3, 0.4) is 0 Å². The number of amides is 2. The maximum absolute atomic E-state index is 12.0. The van der Waals surface area contributed by atoms with Gasteiger partial charge < -0.3 is 15.0 Å². The van der Waals surface area contributed by atoms with E-state index in [2.05, 4.69) is 21.2 Å². The number of hydrogen-bond acceptors (Lipinski definition) is 3. The Morgan fingerprint density at radius 3 is 2.78 bits per heavy atom. The third kappa shape index (κ3) is 3.70. The maximum atomic E-state index is 12.0. The summed E-state index contributed by atoms with van der Waals surface area (Å²) in [5.41, 5.74) is 0. The summed E-state index contributed by atoms with van der Waals surface area (Å²) in [6.07, 6.45) is 0.214. The Bertz CT molecular complexity index is 414. The molecule has 100 valence electrons. The number of ether oxygens (including phenoxy) is 1. The molecule has 2 atom stereocenters. The SMILES string of the molecule is CC1CN(C(=O)NCc2cc(Br)cs2)CC(C)O1. The normalized spacial score (nSPS) is 24.1. The van der Waals surface area contributed by atoms with Crippen molar-refractivity contribution in [2.24, 2.45) is 0 Å². The molecule has 0 saturated carbocycles. The molecule has 0 bridgehead atoms. The minimum atomic E-state index is -0.0125. The smallest absolute Gasteiger partial charge is 0.317 e. The maximum Gasteiger partial charge on any atom is 0.317 e. The third-order valence-corrected chi connectivity index (χ3v) is 4.44. The van der Waals surface area contributed by atoms with Gasteiger partial charge in [0.05, 0.1) is 18.8 Å². The van der Waals surface area contributed by atoms with Crippen LogP contribution in [-0.2, 0) is 11.3 Å². The Kier molecular flexibility index (Phi) is 4.64. The molecule has 18 heavy (non-hydrogen) atoms. The summed E-state index contributed by atoms with van der Waals surface area (Å²) < 4.78 is 6.67. The van der Waals surface area contributed by atoms with Gasteiger partial charge in [-0.15, -0.1) is 11.3 Å². The zero-order valence-electron chi connectivity index (χ0n) is 10.5.